The number of likely N-dealkylation sites (tertiary alicyclic amines) is 1. The molecule has 172 valence electrons. The minimum absolute atomic E-state index is 0.0517. The van der Waals surface area contributed by atoms with E-state index in [2.05, 4.69) is 75.2 Å². The number of rotatable bonds is 9. The Labute approximate surface area is 192 Å². The van der Waals surface area contributed by atoms with Crippen molar-refractivity contribution < 1.29 is 4.79 Å². The SMILES string of the molecule is CCNC(=NCC(=O)NCCc1ccccc1)NC1CCN(Cc2ccccc2)C(C)C1. The van der Waals surface area contributed by atoms with Crippen molar-refractivity contribution in [2.75, 3.05) is 26.2 Å². The van der Waals surface area contributed by atoms with Crippen molar-refractivity contribution in [2.45, 2.75) is 51.7 Å². The van der Waals surface area contributed by atoms with Gasteiger partial charge in [0.05, 0.1) is 0 Å². The van der Waals surface area contributed by atoms with Gasteiger partial charge in [-0.2, -0.15) is 0 Å². The number of carbonyl (C=O) groups excluding carboxylic acids is 1. The zero-order valence-corrected chi connectivity index (χ0v) is 19.4. The van der Waals surface area contributed by atoms with Crippen molar-refractivity contribution >= 4 is 11.9 Å². The summed E-state index contributed by atoms with van der Waals surface area (Å²) in [5, 5.41) is 9.78. The van der Waals surface area contributed by atoms with E-state index >= 15 is 0 Å². The summed E-state index contributed by atoms with van der Waals surface area (Å²) in [6.45, 7) is 7.90. The summed E-state index contributed by atoms with van der Waals surface area (Å²) >= 11 is 0. The van der Waals surface area contributed by atoms with E-state index in [0.717, 1.165) is 44.9 Å². The second kappa shape index (κ2) is 12.9. The Hall–Kier alpha value is -2.86. The number of nitrogens with one attached hydrogen (secondary N) is 3. The first-order valence-corrected chi connectivity index (χ1v) is 11.8. The van der Waals surface area contributed by atoms with Gasteiger partial charge in [0.1, 0.15) is 6.54 Å². The van der Waals surface area contributed by atoms with Gasteiger partial charge in [0, 0.05) is 38.3 Å². The maximum Gasteiger partial charge on any atom is 0.241 e. The Bertz CT molecular complexity index is 840. The minimum atomic E-state index is -0.0517. The van der Waals surface area contributed by atoms with Crippen molar-refractivity contribution in [3.63, 3.8) is 0 Å². The van der Waals surface area contributed by atoms with E-state index < -0.39 is 0 Å². The van der Waals surface area contributed by atoms with Crippen molar-refractivity contribution in [1.82, 2.24) is 20.9 Å². The first-order chi connectivity index (χ1) is 15.6. The highest BCUT2D eigenvalue weighted by molar-refractivity contribution is 5.85. The number of carbonyl (C=O) groups is 1. The van der Waals surface area contributed by atoms with Crippen LogP contribution in [0.2, 0.25) is 0 Å². The van der Waals surface area contributed by atoms with Gasteiger partial charge in [-0.05, 0) is 44.2 Å². The van der Waals surface area contributed by atoms with Crippen LogP contribution in [0.25, 0.3) is 0 Å². The van der Waals surface area contributed by atoms with Gasteiger partial charge in [-0.15, -0.1) is 0 Å². The fourth-order valence-electron chi connectivity index (χ4n) is 4.12. The van der Waals surface area contributed by atoms with Gasteiger partial charge in [0.2, 0.25) is 5.91 Å². The Balaban J connectivity index is 1.42. The monoisotopic (exact) mass is 435 g/mol. The summed E-state index contributed by atoms with van der Waals surface area (Å²) in [7, 11) is 0. The van der Waals surface area contributed by atoms with E-state index in [9.17, 15) is 4.79 Å². The highest BCUT2D eigenvalue weighted by atomic mass is 16.1. The molecule has 2 unspecified atom stereocenters. The summed E-state index contributed by atoms with van der Waals surface area (Å²) < 4.78 is 0. The van der Waals surface area contributed by atoms with Crippen molar-refractivity contribution in [3.8, 4) is 0 Å². The number of piperidine rings is 1. The van der Waals surface area contributed by atoms with Crippen LogP contribution in [-0.4, -0.2) is 55.0 Å². The van der Waals surface area contributed by atoms with Gasteiger partial charge in [-0.1, -0.05) is 60.7 Å². The number of aliphatic imine (C=N–C) groups is 1. The number of hydrogen-bond acceptors (Lipinski definition) is 3. The van der Waals surface area contributed by atoms with E-state index in [1.165, 1.54) is 11.1 Å². The molecule has 1 heterocycles. The van der Waals surface area contributed by atoms with Gasteiger partial charge in [0.15, 0.2) is 5.96 Å². The Morgan fingerprint density at radius 1 is 1.03 bits per heavy atom. The van der Waals surface area contributed by atoms with Gasteiger partial charge < -0.3 is 16.0 Å². The molecule has 6 nitrogen and oxygen atoms in total. The van der Waals surface area contributed by atoms with Crippen LogP contribution in [0.4, 0.5) is 0 Å². The van der Waals surface area contributed by atoms with E-state index in [4.69, 9.17) is 0 Å². The highest BCUT2D eigenvalue weighted by Gasteiger charge is 2.26. The fourth-order valence-corrected chi connectivity index (χ4v) is 4.12. The quantitative estimate of drug-likeness (QED) is 0.418. The van der Waals surface area contributed by atoms with E-state index in [-0.39, 0.29) is 12.5 Å². The summed E-state index contributed by atoms with van der Waals surface area (Å²) in [5.41, 5.74) is 2.58. The molecule has 0 aliphatic carbocycles. The van der Waals surface area contributed by atoms with Crippen LogP contribution in [0, 0.1) is 0 Å². The van der Waals surface area contributed by atoms with Gasteiger partial charge in [-0.3, -0.25) is 9.69 Å². The van der Waals surface area contributed by atoms with Crippen molar-refractivity contribution in [2.24, 2.45) is 4.99 Å². The van der Waals surface area contributed by atoms with Crippen LogP contribution < -0.4 is 16.0 Å². The maximum atomic E-state index is 12.2. The van der Waals surface area contributed by atoms with Crippen LogP contribution in [0.1, 0.15) is 37.8 Å². The number of benzene rings is 2. The first-order valence-electron chi connectivity index (χ1n) is 11.8. The Kier molecular flexibility index (Phi) is 9.57. The topological polar surface area (TPSA) is 68.8 Å². The lowest BCUT2D eigenvalue weighted by atomic mass is 9.97. The number of amides is 1. The fraction of sp³-hybridized carbons (Fsp3) is 0.462. The Morgan fingerprint density at radius 3 is 2.38 bits per heavy atom. The molecule has 3 N–H and O–H groups in total. The van der Waals surface area contributed by atoms with E-state index in [1.54, 1.807) is 0 Å². The molecule has 2 aromatic carbocycles. The second-order valence-electron chi connectivity index (χ2n) is 8.45. The predicted octanol–water partition coefficient (Wildman–Crippen LogP) is 2.95. The molecule has 32 heavy (non-hydrogen) atoms. The van der Waals surface area contributed by atoms with Crippen LogP contribution in [0.5, 0.6) is 0 Å². The zero-order valence-electron chi connectivity index (χ0n) is 19.4. The molecule has 2 aromatic rings. The minimum Gasteiger partial charge on any atom is -0.357 e. The lowest BCUT2D eigenvalue weighted by Gasteiger charge is -2.38. The molecule has 1 saturated heterocycles. The zero-order chi connectivity index (χ0) is 22.6. The third-order valence-electron chi connectivity index (χ3n) is 5.89. The highest BCUT2D eigenvalue weighted by Crippen LogP contribution is 2.19. The lowest BCUT2D eigenvalue weighted by molar-refractivity contribution is -0.119. The first kappa shape index (κ1) is 23.8. The summed E-state index contributed by atoms with van der Waals surface area (Å²) in [6, 6.07) is 21.7. The van der Waals surface area contributed by atoms with Gasteiger partial charge in [0.25, 0.3) is 0 Å². The Morgan fingerprint density at radius 2 is 1.72 bits per heavy atom. The van der Waals surface area contributed by atoms with Crippen molar-refractivity contribution in [3.05, 3.63) is 71.8 Å². The van der Waals surface area contributed by atoms with Gasteiger partial charge >= 0.3 is 0 Å². The molecule has 0 spiro atoms. The third kappa shape index (κ3) is 8.00. The summed E-state index contributed by atoms with van der Waals surface area (Å²) in [5.74, 6) is 0.670. The van der Waals surface area contributed by atoms with Crippen LogP contribution in [-0.2, 0) is 17.8 Å². The predicted molar refractivity (Wildman–Crippen MR) is 132 cm³/mol. The molecule has 0 radical (unpaired) electrons. The molecule has 3 rings (SSSR count). The largest absolute Gasteiger partial charge is 0.357 e. The lowest BCUT2D eigenvalue weighted by Crippen LogP contribution is -2.51. The molecular formula is C26H37N5O. The van der Waals surface area contributed by atoms with Crippen LogP contribution >= 0.6 is 0 Å². The molecule has 1 fully saturated rings. The maximum absolute atomic E-state index is 12.2. The summed E-state index contributed by atoms with van der Waals surface area (Å²) in [4.78, 5) is 19.3. The van der Waals surface area contributed by atoms with Crippen LogP contribution in [0.15, 0.2) is 65.7 Å². The van der Waals surface area contributed by atoms with Crippen LogP contribution in [0.3, 0.4) is 0 Å². The molecule has 2 atom stereocenters. The number of guanidine groups is 1. The normalized spacial score (nSPS) is 19.4. The number of nitrogens with zero attached hydrogens (tertiary/aromatic N) is 2. The molecule has 0 aromatic heterocycles. The average Bonchev–Trinajstić information content (AvgIpc) is 2.81. The molecule has 1 aliphatic rings. The molecule has 0 bridgehead atoms. The molecule has 0 saturated carbocycles. The smallest absolute Gasteiger partial charge is 0.241 e. The summed E-state index contributed by atoms with van der Waals surface area (Å²) in [6.07, 6.45) is 2.94. The second-order valence-corrected chi connectivity index (χ2v) is 8.45. The third-order valence-corrected chi connectivity index (χ3v) is 5.89. The van der Waals surface area contributed by atoms with Gasteiger partial charge in [-0.25, -0.2) is 4.99 Å². The van der Waals surface area contributed by atoms with Crippen molar-refractivity contribution in [1.29, 1.82) is 0 Å². The molecule has 1 aliphatic heterocycles. The average molecular weight is 436 g/mol. The van der Waals surface area contributed by atoms with E-state index in [0.29, 0.717) is 18.6 Å². The number of hydrogen-bond donors (Lipinski definition) is 3. The molecular weight excluding hydrogens is 398 g/mol. The van der Waals surface area contributed by atoms with E-state index in [1.807, 2.05) is 25.1 Å². The molecule has 6 heteroatoms. The molecule has 1 amide bonds. The standard InChI is InChI=1S/C26H37N5O/c1-3-27-26(29-19-25(32)28-16-14-22-10-6-4-7-11-22)30-24-15-17-31(21(2)18-24)20-23-12-8-5-9-13-23/h4-13,21,24H,3,14-20H2,1-2H3,(H,28,32)(H2,27,29,30).